The summed E-state index contributed by atoms with van der Waals surface area (Å²) in [6.45, 7) is 1.21. The van der Waals surface area contributed by atoms with Crippen molar-refractivity contribution >= 4 is 21.8 Å². The molecule has 6 nitrogen and oxygen atoms in total. The molecule has 4 rings (SSSR count). The summed E-state index contributed by atoms with van der Waals surface area (Å²) in [6, 6.07) is 7.84. The number of H-pyrrole nitrogens is 1. The minimum absolute atomic E-state index is 0.0269. The van der Waals surface area contributed by atoms with Crippen molar-refractivity contribution in [2.24, 2.45) is 0 Å². The van der Waals surface area contributed by atoms with Crippen LogP contribution in [0.5, 0.6) is 0 Å². The average molecular weight is 419 g/mol. The van der Waals surface area contributed by atoms with Crippen LogP contribution in [0.4, 0.5) is 4.39 Å². The van der Waals surface area contributed by atoms with Crippen molar-refractivity contribution in [2.45, 2.75) is 18.8 Å². The van der Waals surface area contributed by atoms with Crippen LogP contribution in [0.25, 0.3) is 11.4 Å². The normalized spacial score (nSPS) is 17.5. The molecule has 1 aliphatic rings. The molecule has 1 fully saturated rings. The summed E-state index contributed by atoms with van der Waals surface area (Å²) < 4.78 is 19.6. The maximum absolute atomic E-state index is 13.4. The summed E-state index contributed by atoms with van der Waals surface area (Å²) in [5.41, 5.74) is 1.11. The number of carbonyl (C=O) groups is 1. The zero-order valence-electron chi connectivity index (χ0n) is 13.8. The van der Waals surface area contributed by atoms with Gasteiger partial charge in [0, 0.05) is 29.3 Å². The van der Waals surface area contributed by atoms with Crippen LogP contribution in [-0.4, -0.2) is 39.0 Å². The predicted molar refractivity (Wildman–Crippen MR) is 96.1 cm³/mol. The molecule has 0 spiro atoms. The van der Waals surface area contributed by atoms with Crippen molar-refractivity contribution in [2.75, 3.05) is 13.1 Å². The standard InChI is InChI=1S/C18H16BrFN4O2/c19-13-8-15(21-9-13)18(25)24-6-2-4-12(10-24)17-22-16(23-26-17)11-3-1-5-14(20)7-11/h1,3,5,7-9,12,21H,2,4,6,10H2. The summed E-state index contributed by atoms with van der Waals surface area (Å²) in [5.74, 6) is 0.414. The fourth-order valence-electron chi connectivity index (χ4n) is 3.17. The molecule has 1 aliphatic heterocycles. The Hall–Kier alpha value is -2.48. The van der Waals surface area contributed by atoms with Gasteiger partial charge in [0.1, 0.15) is 11.5 Å². The number of likely N-dealkylation sites (tertiary alicyclic amines) is 1. The summed E-state index contributed by atoms with van der Waals surface area (Å²) in [4.78, 5) is 21.8. The number of hydrogen-bond donors (Lipinski definition) is 1. The van der Waals surface area contributed by atoms with E-state index in [1.54, 1.807) is 29.3 Å². The van der Waals surface area contributed by atoms with Crippen molar-refractivity contribution in [1.82, 2.24) is 20.0 Å². The maximum Gasteiger partial charge on any atom is 0.270 e. The van der Waals surface area contributed by atoms with Gasteiger partial charge < -0.3 is 14.4 Å². The predicted octanol–water partition coefficient (Wildman–Crippen LogP) is 3.99. The third-order valence-electron chi connectivity index (χ3n) is 4.46. The third-order valence-corrected chi connectivity index (χ3v) is 4.92. The SMILES string of the molecule is O=C(c1cc(Br)c[nH]1)N1CCCC(c2nc(-c3cccc(F)c3)no2)C1. The summed E-state index contributed by atoms with van der Waals surface area (Å²) in [6.07, 6.45) is 3.46. The number of nitrogens with zero attached hydrogens (tertiary/aromatic N) is 3. The Balaban J connectivity index is 1.51. The lowest BCUT2D eigenvalue weighted by Gasteiger charge is -2.30. The largest absolute Gasteiger partial charge is 0.356 e. The molecule has 0 radical (unpaired) electrons. The minimum Gasteiger partial charge on any atom is -0.356 e. The van der Waals surface area contributed by atoms with E-state index in [9.17, 15) is 9.18 Å². The molecule has 1 saturated heterocycles. The molecular formula is C18H16BrFN4O2. The number of aromatic nitrogens is 3. The van der Waals surface area contributed by atoms with Crippen LogP contribution in [0.3, 0.4) is 0 Å². The highest BCUT2D eigenvalue weighted by molar-refractivity contribution is 9.10. The fraction of sp³-hybridized carbons (Fsp3) is 0.278. The molecule has 1 N–H and O–H groups in total. The second-order valence-corrected chi connectivity index (χ2v) is 7.20. The van der Waals surface area contributed by atoms with Gasteiger partial charge in [0.2, 0.25) is 11.7 Å². The van der Waals surface area contributed by atoms with Crippen LogP contribution in [-0.2, 0) is 0 Å². The van der Waals surface area contributed by atoms with Crippen LogP contribution in [0.15, 0.2) is 45.5 Å². The second kappa shape index (κ2) is 7.03. The Morgan fingerprint density at radius 1 is 1.38 bits per heavy atom. The van der Waals surface area contributed by atoms with Crippen LogP contribution in [0.1, 0.15) is 35.1 Å². The fourth-order valence-corrected chi connectivity index (χ4v) is 3.51. The highest BCUT2D eigenvalue weighted by Gasteiger charge is 2.29. The lowest BCUT2D eigenvalue weighted by molar-refractivity contribution is 0.0690. The molecule has 3 aromatic rings. The molecule has 0 bridgehead atoms. The van der Waals surface area contributed by atoms with E-state index in [4.69, 9.17) is 4.52 Å². The van der Waals surface area contributed by atoms with Gasteiger partial charge in [-0.3, -0.25) is 4.79 Å². The van der Waals surface area contributed by atoms with Crippen LogP contribution < -0.4 is 0 Å². The molecule has 2 aromatic heterocycles. The van der Waals surface area contributed by atoms with Gasteiger partial charge in [0.05, 0.1) is 5.92 Å². The van der Waals surface area contributed by atoms with E-state index in [0.29, 0.717) is 36.1 Å². The van der Waals surface area contributed by atoms with Gasteiger partial charge in [-0.1, -0.05) is 17.3 Å². The van der Waals surface area contributed by atoms with Crippen molar-refractivity contribution in [3.63, 3.8) is 0 Å². The average Bonchev–Trinajstić information content (AvgIpc) is 3.30. The Kier molecular flexibility index (Phi) is 4.58. The first kappa shape index (κ1) is 17.0. The van der Waals surface area contributed by atoms with E-state index in [2.05, 4.69) is 31.1 Å². The third kappa shape index (κ3) is 3.41. The number of amides is 1. The molecule has 1 atom stereocenters. The number of aromatic amines is 1. The van der Waals surface area contributed by atoms with E-state index < -0.39 is 0 Å². The molecule has 134 valence electrons. The highest BCUT2D eigenvalue weighted by Crippen LogP contribution is 2.28. The van der Waals surface area contributed by atoms with Gasteiger partial charge >= 0.3 is 0 Å². The lowest BCUT2D eigenvalue weighted by Crippen LogP contribution is -2.39. The summed E-state index contributed by atoms with van der Waals surface area (Å²) >= 11 is 3.34. The number of hydrogen-bond acceptors (Lipinski definition) is 4. The molecule has 1 aromatic carbocycles. The molecule has 1 unspecified atom stereocenters. The molecule has 26 heavy (non-hydrogen) atoms. The van der Waals surface area contributed by atoms with Gasteiger partial charge in [-0.2, -0.15) is 4.98 Å². The summed E-state index contributed by atoms with van der Waals surface area (Å²) in [5, 5.41) is 3.97. The van der Waals surface area contributed by atoms with E-state index in [1.807, 2.05) is 0 Å². The first-order chi connectivity index (χ1) is 12.6. The minimum atomic E-state index is -0.347. The van der Waals surface area contributed by atoms with Gasteiger partial charge in [0.25, 0.3) is 5.91 Å². The van der Waals surface area contributed by atoms with E-state index in [-0.39, 0.29) is 17.6 Å². The van der Waals surface area contributed by atoms with Crippen LogP contribution in [0.2, 0.25) is 0 Å². The van der Waals surface area contributed by atoms with Gasteiger partial charge in [-0.05, 0) is 47.0 Å². The van der Waals surface area contributed by atoms with Crippen molar-refractivity contribution in [1.29, 1.82) is 0 Å². The van der Waals surface area contributed by atoms with E-state index in [1.165, 1.54) is 12.1 Å². The Bertz CT molecular complexity index is 939. The first-order valence-electron chi connectivity index (χ1n) is 8.33. The molecule has 3 heterocycles. The number of rotatable bonds is 3. The number of halogens is 2. The first-order valence-corrected chi connectivity index (χ1v) is 9.12. The van der Waals surface area contributed by atoms with Gasteiger partial charge in [0.15, 0.2) is 0 Å². The van der Waals surface area contributed by atoms with Crippen molar-refractivity contribution < 1.29 is 13.7 Å². The number of nitrogens with one attached hydrogen (secondary N) is 1. The van der Waals surface area contributed by atoms with Crippen molar-refractivity contribution in [3.05, 3.63) is 58.4 Å². The monoisotopic (exact) mass is 418 g/mol. The molecule has 1 amide bonds. The maximum atomic E-state index is 13.4. The van der Waals surface area contributed by atoms with Crippen molar-refractivity contribution in [3.8, 4) is 11.4 Å². The summed E-state index contributed by atoms with van der Waals surface area (Å²) in [7, 11) is 0. The Labute approximate surface area is 157 Å². The quantitative estimate of drug-likeness (QED) is 0.697. The molecular weight excluding hydrogens is 403 g/mol. The van der Waals surface area contributed by atoms with Gasteiger partial charge in [-0.15, -0.1) is 0 Å². The smallest absolute Gasteiger partial charge is 0.270 e. The molecule has 8 heteroatoms. The van der Waals surface area contributed by atoms with Crippen LogP contribution in [0, 0.1) is 5.82 Å². The zero-order valence-corrected chi connectivity index (χ0v) is 15.4. The Morgan fingerprint density at radius 3 is 3.04 bits per heavy atom. The second-order valence-electron chi connectivity index (χ2n) is 6.29. The number of carbonyl (C=O) groups excluding carboxylic acids is 1. The number of benzene rings is 1. The highest BCUT2D eigenvalue weighted by atomic mass is 79.9. The van der Waals surface area contributed by atoms with E-state index in [0.717, 1.165) is 17.3 Å². The lowest BCUT2D eigenvalue weighted by atomic mass is 9.97. The van der Waals surface area contributed by atoms with Crippen LogP contribution >= 0.6 is 15.9 Å². The zero-order chi connectivity index (χ0) is 18.1. The van der Waals surface area contributed by atoms with Gasteiger partial charge in [-0.25, -0.2) is 4.39 Å². The molecule has 0 aliphatic carbocycles. The molecule has 0 saturated carbocycles. The number of piperidine rings is 1. The topological polar surface area (TPSA) is 75.0 Å². The Morgan fingerprint density at radius 2 is 2.27 bits per heavy atom. The van der Waals surface area contributed by atoms with E-state index >= 15 is 0 Å².